The van der Waals surface area contributed by atoms with Gasteiger partial charge in [0.2, 0.25) is 0 Å². The first-order chi connectivity index (χ1) is 14.2. The minimum absolute atomic E-state index is 0.0626. The van der Waals surface area contributed by atoms with E-state index in [1.807, 2.05) is 36.4 Å². The molecule has 0 bridgehead atoms. The van der Waals surface area contributed by atoms with Crippen LogP contribution in [-0.4, -0.2) is 39.4 Å². The van der Waals surface area contributed by atoms with Crippen LogP contribution in [0.15, 0.2) is 53.5 Å². The molecule has 2 aromatic rings. The molecule has 29 heavy (non-hydrogen) atoms. The van der Waals surface area contributed by atoms with Gasteiger partial charge in [-0.25, -0.2) is 4.99 Å². The lowest BCUT2D eigenvalue weighted by Gasteiger charge is -2.38. The molecule has 1 fully saturated rings. The summed E-state index contributed by atoms with van der Waals surface area (Å²) in [4.78, 5) is 4.76. The lowest BCUT2D eigenvalue weighted by Crippen LogP contribution is -2.48. The van der Waals surface area contributed by atoms with Crippen molar-refractivity contribution in [2.24, 2.45) is 4.99 Å². The van der Waals surface area contributed by atoms with E-state index >= 15 is 0 Å². The number of ether oxygens (including phenoxy) is 2. The van der Waals surface area contributed by atoms with Gasteiger partial charge < -0.3 is 20.1 Å². The zero-order valence-electron chi connectivity index (χ0n) is 17.2. The number of nitrogens with one attached hydrogen (secondary N) is 2. The molecule has 6 heteroatoms. The van der Waals surface area contributed by atoms with E-state index in [0.717, 1.165) is 61.4 Å². The van der Waals surface area contributed by atoms with Crippen LogP contribution in [0.25, 0.3) is 0 Å². The second-order valence-corrected chi connectivity index (χ2v) is 7.68. The number of guanidine groups is 1. The van der Waals surface area contributed by atoms with Crippen molar-refractivity contribution in [1.29, 1.82) is 0 Å². The first kappa shape index (κ1) is 21.5. The van der Waals surface area contributed by atoms with Crippen LogP contribution in [-0.2, 0) is 16.7 Å². The highest BCUT2D eigenvalue weighted by molar-refractivity contribution is 6.31. The summed E-state index contributed by atoms with van der Waals surface area (Å²) in [6.07, 6.45) is 1.86. The molecule has 156 valence electrons. The summed E-state index contributed by atoms with van der Waals surface area (Å²) in [5.74, 6) is 1.66. The van der Waals surface area contributed by atoms with Gasteiger partial charge in [-0.05, 0) is 49.1 Å². The molecular formula is C23H30ClN3O2. The zero-order valence-corrected chi connectivity index (χ0v) is 18.0. The van der Waals surface area contributed by atoms with Crippen LogP contribution in [0.2, 0.25) is 5.02 Å². The highest BCUT2D eigenvalue weighted by atomic mass is 35.5. The Balaban J connectivity index is 1.73. The van der Waals surface area contributed by atoms with Crippen molar-refractivity contribution in [2.75, 3.05) is 33.4 Å². The molecule has 0 saturated carbocycles. The van der Waals surface area contributed by atoms with E-state index in [1.165, 1.54) is 5.56 Å². The van der Waals surface area contributed by atoms with Gasteiger partial charge in [0.05, 0.1) is 13.7 Å². The number of benzene rings is 2. The predicted molar refractivity (Wildman–Crippen MR) is 119 cm³/mol. The lowest BCUT2D eigenvalue weighted by atomic mass is 9.74. The first-order valence-corrected chi connectivity index (χ1v) is 10.5. The van der Waals surface area contributed by atoms with Crippen LogP contribution in [0.3, 0.4) is 0 Å². The first-order valence-electron chi connectivity index (χ1n) is 10.1. The highest BCUT2D eigenvalue weighted by Gasteiger charge is 2.36. The summed E-state index contributed by atoms with van der Waals surface area (Å²) in [5, 5.41) is 7.71. The van der Waals surface area contributed by atoms with Gasteiger partial charge in [0.25, 0.3) is 0 Å². The molecule has 0 amide bonds. The average Bonchev–Trinajstić information content (AvgIpc) is 2.77. The predicted octanol–water partition coefficient (Wildman–Crippen LogP) is 4.15. The largest absolute Gasteiger partial charge is 0.497 e. The van der Waals surface area contributed by atoms with Gasteiger partial charge in [0.1, 0.15) is 5.75 Å². The van der Waals surface area contributed by atoms with Crippen molar-refractivity contribution in [3.05, 3.63) is 64.7 Å². The van der Waals surface area contributed by atoms with E-state index < -0.39 is 0 Å². The molecule has 0 atom stereocenters. The number of methoxy groups -OCH3 is 1. The van der Waals surface area contributed by atoms with Crippen LogP contribution in [0.4, 0.5) is 0 Å². The fraction of sp³-hybridized carbons (Fsp3) is 0.435. The summed E-state index contributed by atoms with van der Waals surface area (Å²) in [5.41, 5.74) is 2.26. The fourth-order valence-corrected chi connectivity index (χ4v) is 4.03. The van der Waals surface area contributed by atoms with E-state index in [1.54, 1.807) is 7.11 Å². The number of hydrogen-bond donors (Lipinski definition) is 2. The van der Waals surface area contributed by atoms with Crippen molar-refractivity contribution >= 4 is 17.6 Å². The maximum absolute atomic E-state index is 6.56. The molecule has 1 aliphatic rings. The Morgan fingerprint density at radius 2 is 1.83 bits per heavy atom. The van der Waals surface area contributed by atoms with Crippen LogP contribution < -0.4 is 15.4 Å². The Morgan fingerprint density at radius 1 is 1.10 bits per heavy atom. The van der Waals surface area contributed by atoms with Gasteiger partial charge in [-0.1, -0.05) is 41.9 Å². The van der Waals surface area contributed by atoms with Crippen molar-refractivity contribution in [3.63, 3.8) is 0 Å². The van der Waals surface area contributed by atoms with E-state index in [-0.39, 0.29) is 5.41 Å². The van der Waals surface area contributed by atoms with Crippen LogP contribution in [0.1, 0.15) is 30.9 Å². The number of hydrogen-bond acceptors (Lipinski definition) is 3. The number of rotatable bonds is 7. The average molecular weight is 416 g/mol. The molecule has 0 aliphatic carbocycles. The maximum atomic E-state index is 6.56. The van der Waals surface area contributed by atoms with Crippen LogP contribution in [0.5, 0.6) is 5.75 Å². The summed E-state index contributed by atoms with van der Waals surface area (Å²) in [7, 11) is 1.67. The molecule has 5 nitrogen and oxygen atoms in total. The van der Waals surface area contributed by atoms with Gasteiger partial charge >= 0.3 is 0 Å². The van der Waals surface area contributed by atoms with E-state index in [2.05, 4.69) is 29.7 Å². The van der Waals surface area contributed by atoms with Crippen molar-refractivity contribution < 1.29 is 9.47 Å². The molecule has 0 unspecified atom stereocenters. The van der Waals surface area contributed by atoms with Gasteiger partial charge in [-0.3, -0.25) is 0 Å². The third-order valence-corrected chi connectivity index (χ3v) is 5.74. The monoisotopic (exact) mass is 415 g/mol. The van der Waals surface area contributed by atoms with Crippen LogP contribution >= 0.6 is 11.6 Å². The smallest absolute Gasteiger partial charge is 0.191 e. The third-order valence-electron chi connectivity index (χ3n) is 5.41. The minimum Gasteiger partial charge on any atom is -0.497 e. The molecule has 2 N–H and O–H groups in total. The number of nitrogens with zero attached hydrogens (tertiary/aromatic N) is 1. The molecule has 1 aliphatic heterocycles. The quantitative estimate of drug-likeness (QED) is 0.526. The van der Waals surface area contributed by atoms with Gasteiger partial charge in [0, 0.05) is 36.7 Å². The molecule has 1 saturated heterocycles. The molecular weight excluding hydrogens is 386 g/mol. The van der Waals surface area contributed by atoms with E-state index in [0.29, 0.717) is 6.54 Å². The van der Waals surface area contributed by atoms with Crippen molar-refractivity contribution in [2.45, 2.75) is 31.7 Å². The zero-order chi connectivity index (χ0) is 20.5. The van der Waals surface area contributed by atoms with Gasteiger partial charge in [-0.15, -0.1) is 0 Å². The van der Waals surface area contributed by atoms with Crippen LogP contribution in [0, 0.1) is 0 Å². The fourth-order valence-electron chi connectivity index (χ4n) is 3.69. The molecule has 0 aromatic heterocycles. The summed E-state index contributed by atoms with van der Waals surface area (Å²) in [6.45, 7) is 5.72. The normalized spacial score (nSPS) is 16.3. The summed E-state index contributed by atoms with van der Waals surface area (Å²) in [6, 6.07) is 16.1. The Labute approximate surface area is 178 Å². The van der Waals surface area contributed by atoms with Gasteiger partial charge in [0.15, 0.2) is 5.96 Å². The molecule has 0 spiro atoms. The standard InChI is InChI=1S/C23H30ClN3O2/c1-3-25-22(26-16-18-8-10-19(28-2)11-9-18)27-17-23(12-14-29-15-13-23)20-6-4-5-7-21(20)24/h4-11H,3,12-17H2,1-2H3,(H2,25,26,27). The molecule has 3 rings (SSSR count). The Morgan fingerprint density at radius 3 is 2.48 bits per heavy atom. The second kappa shape index (κ2) is 10.5. The van der Waals surface area contributed by atoms with E-state index in [9.17, 15) is 0 Å². The topological polar surface area (TPSA) is 54.9 Å². The SMILES string of the molecule is CCNC(=NCc1ccc(OC)cc1)NCC1(c2ccccc2Cl)CCOCC1. The Kier molecular flexibility index (Phi) is 7.78. The summed E-state index contributed by atoms with van der Waals surface area (Å²) >= 11 is 6.56. The Hall–Kier alpha value is -2.24. The minimum atomic E-state index is -0.0626. The van der Waals surface area contributed by atoms with E-state index in [4.69, 9.17) is 26.1 Å². The van der Waals surface area contributed by atoms with Crippen molar-refractivity contribution in [3.8, 4) is 5.75 Å². The summed E-state index contributed by atoms with van der Waals surface area (Å²) < 4.78 is 10.9. The molecule has 2 aromatic carbocycles. The third kappa shape index (κ3) is 5.64. The van der Waals surface area contributed by atoms with Crippen molar-refractivity contribution in [1.82, 2.24) is 10.6 Å². The highest BCUT2D eigenvalue weighted by Crippen LogP contribution is 2.38. The lowest BCUT2D eigenvalue weighted by molar-refractivity contribution is 0.0514. The molecule has 1 heterocycles. The second-order valence-electron chi connectivity index (χ2n) is 7.27. The maximum Gasteiger partial charge on any atom is 0.191 e. The Bertz CT molecular complexity index is 802. The van der Waals surface area contributed by atoms with Gasteiger partial charge in [-0.2, -0.15) is 0 Å². The number of halogens is 1. The number of aliphatic imine (C=N–C) groups is 1. The molecule has 0 radical (unpaired) electrons.